The molecule has 0 spiro atoms. The number of aliphatic carboxylic acids is 1. The molecule has 0 radical (unpaired) electrons. The summed E-state index contributed by atoms with van der Waals surface area (Å²) in [6.07, 6.45) is 4.75. The van der Waals surface area contributed by atoms with Crippen LogP contribution in [0.5, 0.6) is 0 Å². The lowest BCUT2D eigenvalue weighted by atomic mass is 9.81. The molecule has 0 aromatic heterocycles. The van der Waals surface area contributed by atoms with Crippen molar-refractivity contribution >= 4 is 27.8 Å². The van der Waals surface area contributed by atoms with Gasteiger partial charge in [-0.15, -0.1) is 0 Å². The molecule has 1 aromatic carbocycles. The normalized spacial score (nSPS) is 17.2. The van der Waals surface area contributed by atoms with E-state index < -0.39 is 11.5 Å². The Balaban J connectivity index is 1.92. The fourth-order valence-corrected chi connectivity index (χ4v) is 3.27. The van der Waals surface area contributed by atoms with Gasteiger partial charge in [-0.1, -0.05) is 47.3 Å². The Morgan fingerprint density at radius 1 is 1.24 bits per heavy atom. The van der Waals surface area contributed by atoms with Crippen LogP contribution >= 0.6 is 15.9 Å². The van der Waals surface area contributed by atoms with Crippen LogP contribution in [0.1, 0.15) is 44.1 Å². The first-order valence-electron chi connectivity index (χ1n) is 7.31. The minimum atomic E-state index is -1.05. The number of carboxylic acid groups (broad SMARTS) is 1. The van der Waals surface area contributed by atoms with Crippen molar-refractivity contribution in [3.05, 3.63) is 34.3 Å². The fraction of sp³-hybridized carbons (Fsp3) is 0.500. The van der Waals surface area contributed by atoms with E-state index in [1.54, 1.807) is 0 Å². The van der Waals surface area contributed by atoms with Crippen LogP contribution < -0.4 is 5.32 Å². The van der Waals surface area contributed by atoms with Crippen LogP contribution in [0.15, 0.2) is 28.7 Å². The lowest BCUT2D eigenvalue weighted by molar-refractivity contribution is -0.149. The van der Waals surface area contributed by atoms with Crippen LogP contribution in [-0.2, 0) is 16.0 Å². The fourth-order valence-electron chi connectivity index (χ4n) is 2.83. The van der Waals surface area contributed by atoms with Crippen LogP contribution in [0, 0.1) is 0 Å². The van der Waals surface area contributed by atoms with Crippen molar-refractivity contribution in [3.63, 3.8) is 0 Å². The molecule has 21 heavy (non-hydrogen) atoms. The minimum absolute atomic E-state index is 0.181. The number of carboxylic acids is 1. The van der Waals surface area contributed by atoms with E-state index in [2.05, 4.69) is 21.2 Å². The zero-order valence-electron chi connectivity index (χ0n) is 11.9. The van der Waals surface area contributed by atoms with E-state index >= 15 is 0 Å². The van der Waals surface area contributed by atoms with Crippen molar-refractivity contribution in [2.24, 2.45) is 0 Å². The Bertz CT molecular complexity index is 524. The van der Waals surface area contributed by atoms with Gasteiger partial charge in [0.25, 0.3) is 0 Å². The molecule has 0 bridgehead atoms. The molecule has 0 aliphatic heterocycles. The molecule has 1 saturated carbocycles. The maximum atomic E-state index is 12.1. The second-order valence-corrected chi connectivity index (χ2v) is 6.54. The van der Waals surface area contributed by atoms with Crippen molar-refractivity contribution in [1.29, 1.82) is 0 Å². The van der Waals surface area contributed by atoms with Gasteiger partial charge >= 0.3 is 5.97 Å². The van der Waals surface area contributed by atoms with E-state index in [0.29, 0.717) is 25.7 Å². The SMILES string of the molecule is O=C(CCc1cccc(Br)c1)NC1(C(=O)O)CCCCC1. The van der Waals surface area contributed by atoms with Crippen molar-refractivity contribution < 1.29 is 14.7 Å². The Morgan fingerprint density at radius 2 is 1.95 bits per heavy atom. The van der Waals surface area contributed by atoms with Gasteiger partial charge in [0.1, 0.15) is 5.54 Å². The molecule has 0 heterocycles. The third-order valence-corrected chi connectivity index (χ3v) is 4.52. The summed E-state index contributed by atoms with van der Waals surface area (Å²) < 4.78 is 0.981. The molecular weight excluding hydrogens is 334 g/mol. The first-order valence-corrected chi connectivity index (χ1v) is 8.10. The summed E-state index contributed by atoms with van der Waals surface area (Å²) in [5.41, 5.74) is 0.0135. The number of nitrogens with one attached hydrogen (secondary N) is 1. The van der Waals surface area contributed by atoms with E-state index in [1.807, 2.05) is 24.3 Å². The van der Waals surface area contributed by atoms with Gasteiger partial charge in [-0.2, -0.15) is 0 Å². The summed E-state index contributed by atoms with van der Waals surface area (Å²) in [5.74, 6) is -1.09. The number of hydrogen-bond donors (Lipinski definition) is 2. The number of amides is 1. The van der Waals surface area contributed by atoms with E-state index in [1.165, 1.54) is 0 Å². The molecule has 4 nitrogen and oxygen atoms in total. The largest absolute Gasteiger partial charge is 0.480 e. The third-order valence-electron chi connectivity index (χ3n) is 4.02. The number of rotatable bonds is 5. The zero-order chi connectivity index (χ0) is 15.3. The number of halogens is 1. The van der Waals surface area contributed by atoms with Crippen LogP contribution in [0.3, 0.4) is 0 Å². The van der Waals surface area contributed by atoms with Crippen molar-refractivity contribution in [2.75, 3.05) is 0 Å². The van der Waals surface area contributed by atoms with Crippen molar-refractivity contribution in [2.45, 2.75) is 50.5 Å². The molecule has 2 rings (SSSR count). The van der Waals surface area contributed by atoms with Crippen molar-refractivity contribution in [3.8, 4) is 0 Å². The van der Waals surface area contributed by atoms with Crippen LogP contribution in [0.2, 0.25) is 0 Å². The predicted octanol–water partition coefficient (Wildman–Crippen LogP) is 3.29. The number of carbonyl (C=O) groups excluding carboxylic acids is 1. The second-order valence-electron chi connectivity index (χ2n) is 5.63. The standard InChI is InChI=1S/C16H20BrNO3/c17-13-6-4-5-12(11-13)7-8-14(19)18-16(15(20)21)9-2-1-3-10-16/h4-6,11H,1-3,7-10H2,(H,18,19)(H,20,21). The molecule has 0 saturated heterocycles. The first-order chi connectivity index (χ1) is 10.0. The Labute approximate surface area is 133 Å². The Kier molecular flexibility index (Phi) is 5.39. The zero-order valence-corrected chi connectivity index (χ0v) is 13.5. The summed E-state index contributed by atoms with van der Waals surface area (Å²) in [5, 5.41) is 12.2. The van der Waals surface area contributed by atoms with E-state index in [0.717, 1.165) is 29.3 Å². The molecular formula is C16H20BrNO3. The topological polar surface area (TPSA) is 66.4 Å². The Hall–Kier alpha value is -1.36. The van der Waals surface area contributed by atoms with Gasteiger partial charge in [0.15, 0.2) is 0 Å². The maximum absolute atomic E-state index is 12.1. The predicted molar refractivity (Wildman–Crippen MR) is 84.1 cm³/mol. The molecule has 0 unspecified atom stereocenters. The third kappa shape index (κ3) is 4.30. The average molecular weight is 354 g/mol. The van der Waals surface area contributed by atoms with E-state index in [4.69, 9.17) is 0 Å². The summed E-state index contributed by atoms with van der Waals surface area (Å²) in [7, 11) is 0. The van der Waals surface area contributed by atoms with Crippen LogP contribution in [-0.4, -0.2) is 22.5 Å². The molecule has 1 aromatic rings. The minimum Gasteiger partial charge on any atom is -0.480 e. The molecule has 1 aliphatic rings. The first kappa shape index (κ1) is 16.0. The summed E-state index contributed by atoms with van der Waals surface area (Å²) in [6, 6.07) is 7.80. The van der Waals surface area contributed by atoms with E-state index in [9.17, 15) is 14.7 Å². The molecule has 1 aliphatic carbocycles. The van der Waals surface area contributed by atoms with E-state index in [-0.39, 0.29) is 5.91 Å². The molecule has 1 amide bonds. The molecule has 2 N–H and O–H groups in total. The quantitative estimate of drug-likeness (QED) is 0.853. The highest BCUT2D eigenvalue weighted by Gasteiger charge is 2.40. The average Bonchev–Trinajstić information content (AvgIpc) is 2.46. The van der Waals surface area contributed by atoms with Gasteiger partial charge in [0.05, 0.1) is 0 Å². The smallest absolute Gasteiger partial charge is 0.329 e. The van der Waals surface area contributed by atoms with Crippen LogP contribution in [0.4, 0.5) is 0 Å². The highest BCUT2D eigenvalue weighted by atomic mass is 79.9. The summed E-state index contributed by atoms with van der Waals surface area (Å²) >= 11 is 3.40. The maximum Gasteiger partial charge on any atom is 0.329 e. The monoisotopic (exact) mass is 353 g/mol. The summed E-state index contributed by atoms with van der Waals surface area (Å²) in [4.78, 5) is 23.6. The molecule has 114 valence electrons. The van der Waals surface area contributed by atoms with Gasteiger partial charge in [0.2, 0.25) is 5.91 Å². The van der Waals surface area contributed by atoms with Gasteiger partial charge in [0, 0.05) is 10.9 Å². The van der Waals surface area contributed by atoms with Gasteiger partial charge < -0.3 is 10.4 Å². The number of carbonyl (C=O) groups is 2. The number of aryl methyl sites for hydroxylation is 1. The van der Waals surface area contributed by atoms with Crippen molar-refractivity contribution in [1.82, 2.24) is 5.32 Å². The van der Waals surface area contributed by atoms with Crippen LogP contribution in [0.25, 0.3) is 0 Å². The van der Waals surface area contributed by atoms with Gasteiger partial charge in [-0.25, -0.2) is 4.79 Å². The molecule has 5 heteroatoms. The van der Waals surface area contributed by atoms with Gasteiger partial charge in [-0.3, -0.25) is 4.79 Å². The molecule has 0 atom stereocenters. The lowest BCUT2D eigenvalue weighted by Crippen LogP contribution is -2.55. The highest BCUT2D eigenvalue weighted by Crippen LogP contribution is 2.28. The number of hydrogen-bond acceptors (Lipinski definition) is 2. The lowest BCUT2D eigenvalue weighted by Gasteiger charge is -2.34. The summed E-state index contributed by atoms with van der Waals surface area (Å²) in [6.45, 7) is 0. The number of benzene rings is 1. The Morgan fingerprint density at radius 3 is 2.57 bits per heavy atom. The highest BCUT2D eigenvalue weighted by molar-refractivity contribution is 9.10. The second kappa shape index (κ2) is 7.07. The molecule has 1 fully saturated rings. The van der Waals surface area contributed by atoms with Gasteiger partial charge in [-0.05, 0) is 37.0 Å².